The molecule has 1 atom stereocenters. The van der Waals surface area contributed by atoms with Crippen molar-refractivity contribution in [3.05, 3.63) is 72.1 Å². The van der Waals surface area contributed by atoms with E-state index in [1.165, 1.54) is 0 Å². The van der Waals surface area contributed by atoms with Gasteiger partial charge in [0.05, 0.1) is 7.11 Å². The molecule has 0 saturated carbocycles. The van der Waals surface area contributed by atoms with Gasteiger partial charge in [-0.2, -0.15) is 0 Å². The lowest BCUT2D eigenvalue weighted by Gasteiger charge is -2.15. The largest absolute Gasteiger partial charge is 0.497 e. The van der Waals surface area contributed by atoms with Crippen LogP contribution in [0.1, 0.15) is 55.1 Å². The molecule has 1 aromatic heterocycles. The number of hydrogen-bond donors (Lipinski definition) is 3. The lowest BCUT2D eigenvalue weighted by molar-refractivity contribution is -0.117. The molecular weight excluding hydrogens is 428 g/mol. The standard InChI is InChI=1S/C27H30N4O3/c1-18(32)9-5-3-8-12-23(26-28-17-25(30-26)19-10-6-4-7-11-19)31-27(33)24-16-20-15-21(34-2)13-14-22(20)29-24/h4,6-7,10-11,13-17,23,29-30H,3,5,8-9,12H2,1-2H3,(H,31,33)/q+1/t23-/m0/s1. The Bertz CT molecular complexity index is 1230. The minimum absolute atomic E-state index is 0.193. The maximum atomic E-state index is 13.1. The molecule has 0 unspecified atom stereocenters. The summed E-state index contributed by atoms with van der Waals surface area (Å²) in [4.78, 5) is 32.1. The number of aromatic amines is 1. The first kappa shape index (κ1) is 23.3. The Labute approximate surface area is 199 Å². The average Bonchev–Trinajstić information content (AvgIpc) is 3.50. The van der Waals surface area contributed by atoms with Crippen LogP contribution >= 0.6 is 0 Å². The number of ketones is 1. The third-order valence-electron chi connectivity index (χ3n) is 5.91. The number of aliphatic imine (C=N–C) groups is 1. The number of aromatic nitrogens is 1. The summed E-state index contributed by atoms with van der Waals surface area (Å²) >= 11 is 0. The number of amides is 1. The molecule has 1 aliphatic rings. The number of benzene rings is 2. The van der Waals surface area contributed by atoms with Crippen molar-refractivity contribution in [2.24, 2.45) is 0 Å². The van der Waals surface area contributed by atoms with E-state index >= 15 is 0 Å². The van der Waals surface area contributed by atoms with Gasteiger partial charge in [-0.3, -0.25) is 4.79 Å². The second kappa shape index (κ2) is 10.8. The van der Waals surface area contributed by atoms with E-state index in [1.54, 1.807) is 20.2 Å². The summed E-state index contributed by atoms with van der Waals surface area (Å²) in [5.41, 5.74) is 3.30. The lowest BCUT2D eigenvalue weighted by Crippen LogP contribution is -2.46. The number of Topliss-reactive ketones (excluding diaryl/α,β-unsaturated/α-hetero) is 1. The number of H-pyrrole nitrogens is 1. The zero-order chi connectivity index (χ0) is 23.9. The van der Waals surface area contributed by atoms with Gasteiger partial charge in [0.15, 0.2) is 11.9 Å². The van der Waals surface area contributed by atoms with Crippen LogP contribution in [-0.2, 0) is 4.79 Å². The van der Waals surface area contributed by atoms with Crippen LogP contribution < -0.4 is 20.4 Å². The predicted octanol–water partition coefficient (Wildman–Crippen LogP) is 4.15. The fourth-order valence-electron chi connectivity index (χ4n) is 4.05. The molecule has 0 aliphatic carbocycles. The number of methoxy groups -OCH3 is 1. The summed E-state index contributed by atoms with van der Waals surface area (Å²) in [6.07, 6.45) is 5.77. The summed E-state index contributed by atoms with van der Waals surface area (Å²) in [6.45, 7) is 1.62. The molecule has 7 nitrogen and oxygen atoms in total. The molecule has 175 valence electrons. The first-order valence-corrected chi connectivity index (χ1v) is 11.6. The minimum Gasteiger partial charge on any atom is -0.497 e. The van der Waals surface area contributed by atoms with E-state index in [9.17, 15) is 9.59 Å². The SMILES string of the molecule is COc1ccc2[nH]c(C(=O)N[C@@H](CCCCCC(C)=O)C3=[N+]C=C(c4ccccc4)N3)cc2c1. The zero-order valence-corrected chi connectivity index (χ0v) is 19.6. The number of amidine groups is 1. The number of nitrogens with zero attached hydrogens (tertiary/aromatic N) is 1. The fourth-order valence-corrected chi connectivity index (χ4v) is 4.05. The molecule has 1 amide bonds. The van der Waals surface area contributed by atoms with Crippen LogP contribution in [0.25, 0.3) is 16.6 Å². The van der Waals surface area contributed by atoms with Crippen LogP contribution in [0, 0.1) is 0 Å². The van der Waals surface area contributed by atoms with Crippen LogP contribution in [0.4, 0.5) is 0 Å². The van der Waals surface area contributed by atoms with E-state index < -0.39 is 0 Å². The molecule has 0 spiro atoms. The molecule has 4 rings (SSSR count). The molecule has 2 aromatic carbocycles. The maximum absolute atomic E-state index is 13.1. The topological polar surface area (TPSA) is 97.3 Å². The van der Waals surface area contributed by atoms with Crippen LogP contribution in [0.5, 0.6) is 5.75 Å². The van der Waals surface area contributed by atoms with Crippen molar-refractivity contribution < 1.29 is 14.3 Å². The first-order valence-electron chi connectivity index (χ1n) is 11.6. The number of carbonyl (C=O) groups is 2. The van der Waals surface area contributed by atoms with Gasteiger partial charge >= 0.3 is 5.84 Å². The van der Waals surface area contributed by atoms with E-state index in [0.29, 0.717) is 12.1 Å². The number of rotatable bonds is 11. The summed E-state index contributed by atoms with van der Waals surface area (Å²) in [6, 6.07) is 17.2. The highest BCUT2D eigenvalue weighted by Crippen LogP contribution is 2.22. The smallest absolute Gasteiger partial charge is 0.319 e. The van der Waals surface area contributed by atoms with Crippen molar-refractivity contribution in [1.82, 2.24) is 20.6 Å². The number of hydrogen-bond acceptors (Lipinski definition) is 5. The summed E-state index contributed by atoms with van der Waals surface area (Å²) < 4.78 is 5.28. The number of unbranched alkanes of at least 4 members (excludes halogenated alkanes) is 2. The van der Waals surface area contributed by atoms with E-state index in [1.807, 2.05) is 54.6 Å². The molecule has 0 fully saturated rings. The van der Waals surface area contributed by atoms with Gasteiger partial charge in [-0.1, -0.05) is 43.2 Å². The quantitative estimate of drug-likeness (QED) is 0.376. The third-order valence-corrected chi connectivity index (χ3v) is 5.91. The van der Waals surface area contributed by atoms with Crippen molar-refractivity contribution in [2.45, 2.75) is 45.1 Å². The highest BCUT2D eigenvalue weighted by Gasteiger charge is 2.31. The van der Waals surface area contributed by atoms with Crippen molar-refractivity contribution in [1.29, 1.82) is 0 Å². The second-order valence-corrected chi connectivity index (χ2v) is 8.51. The summed E-state index contributed by atoms with van der Waals surface area (Å²) in [5.74, 6) is 1.47. The van der Waals surface area contributed by atoms with Gasteiger partial charge in [0.25, 0.3) is 5.91 Å². The van der Waals surface area contributed by atoms with Crippen LogP contribution in [0.3, 0.4) is 0 Å². The van der Waals surface area contributed by atoms with E-state index in [0.717, 1.165) is 59.4 Å². The molecule has 0 bridgehead atoms. The highest BCUT2D eigenvalue weighted by atomic mass is 16.5. The zero-order valence-electron chi connectivity index (χ0n) is 19.6. The molecule has 1 radical (unpaired) electrons. The normalized spacial score (nSPS) is 13.7. The second-order valence-electron chi connectivity index (χ2n) is 8.51. The third kappa shape index (κ3) is 5.73. The van der Waals surface area contributed by atoms with Crippen LogP contribution in [0.15, 0.2) is 60.8 Å². The van der Waals surface area contributed by atoms with Crippen molar-refractivity contribution in [3.63, 3.8) is 0 Å². The summed E-state index contributed by atoms with van der Waals surface area (Å²) in [5, 5.41) is 7.43. The highest BCUT2D eigenvalue weighted by molar-refractivity contribution is 6.03. The lowest BCUT2D eigenvalue weighted by atomic mass is 10.0. The molecule has 34 heavy (non-hydrogen) atoms. The first-order chi connectivity index (χ1) is 16.5. The van der Waals surface area contributed by atoms with E-state index in [-0.39, 0.29) is 17.7 Å². The number of ether oxygens (including phenoxy) is 1. The van der Waals surface area contributed by atoms with E-state index in [4.69, 9.17) is 4.74 Å². The van der Waals surface area contributed by atoms with Crippen LogP contribution in [0.2, 0.25) is 0 Å². The van der Waals surface area contributed by atoms with Crippen molar-refractivity contribution >= 4 is 34.1 Å². The van der Waals surface area contributed by atoms with Gasteiger partial charge in [-0.25, -0.2) is 5.32 Å². The molecule has 1 aliphatic heterocycles. The van der Waals surface area contributed by atoms with Gasteiger partial charge in [0, 0.05) is 22.9 Å². The molecule has 2 heterocycles. The summed E-state index contributed by atoms with van der Waals surface area (Å²) in [7, 11) is 1.62. The minimum atomic E-state index is -0.275. The van der Waals surface area contributed by atoms with Gasteiger partial charge in [0.2, 0.25) is 0 Å². The van der Waals surface area contributed by atoms with Crippen molar-refractivity contribution in [2.75, 3.05) is 7.11 Å². The predicted molar refractivity (Wildman–Crippen MR) is 135 cm³/mol. The van der Waals surface area contributed by atoms with Crippen LogP contribution in [-0.4, -0.2) is 35.7 Å². The Morgan fingerprint density at radius 2 is 1.88 bits per heavy atom. The average molecular weight is 459 g/mol. The molecule has 3 N–H and O–H groups in total. The Morgan fingerprint density at radius 1 is 1.06 bits per heavy atom. The number of fused-ring (bicyclic) bond motifs is 1. The molecule has 3 aromatic rings. The number of carbonyl (C=O) groups excluding carboxylic acids is 2. The molecular formula is C27H30N4O3+. The fraction of sp³-hybridized carbons (Fsp3) is 0.296. The maximum Gasteiger partial charge on any atom is 0.319 e. The number of nitrogens with one attached hydrogen (secondary N) is 3. The Hall–Kier alpha value is -3.87. The van der Waals surface area contributed by atoms with Gasteiger partial charge in [0.1, 0.15) is 23.3 Å². The van der Waals surface area contributed by atoms with E-state index in [2.05, 4.69) is 20.6 Å². The Balaban J connectivity index is 1.45. The molecule has 7 heteroatoms. The Kier molecular flexibility index (Phi) is 7.42. The Morgan fingerprint density at radius 3 is 2.65 bits per heavy atom. The molecule has 0 saturated heterocycles. The van der Waals surface area contributed by atoms with Gasteiger partial charge in [-0.05, 0) is 49.0 Å². The van der Waals surface area contributed by atoms with Gasteiger partial charge in [-0.15, -0.1) is 0 Å². The monoisotopic (exact) mass is 458 g/mol. The van der Waals surface area contributed by atoms with Crippen molar-refractivity contribution in [3.8, 4) is 5.75 Å². The van der Waals surface area contributed by atoms with Gasteiger partial charge < -0.3 is 19.8 Å².